The standard InChI is InChI=1S/C72H118O6/c1-4-7-10-13-16-19-21-23-25-27-28-29-30-31-32-33-34-35-36-37-38-39-40-41-42-43-44-46-47-49-51-53-56-59-62-65-71(74)77-68-69(67-76-70(73)64-61-58-55-18-15-12-9-6-3)78-72(75)66-63-60-57-54-52-50-48-45-26-24-22-20-17-14-11-8-5-2/h7-8,10-11,16-17,19-20,23-26,28-29,31-32,34-35,48,50,54,57,69H,4-6,9,12-15,18,21-22,27,30,33,36-47,49,51-53,55-56,58-68H2,1-3H3/b10-7-,11-8-,19-16-,20-17-,25-23-,26-24-,29-28-,32-31-,35-34-,50-48-,57-54-. The van der Waals surface area contributed by atoms with Gasteiger partial charge < -0.3 is 14.2 Å². The minimum atomic E-state index is -0.807. The quantitative estimate of drug-likeness (QED) is 0.0261. The Hall–Kier alpha value is -4.45. The van der Waals surface area contributed by atoms with E-state index in [1.165, 1.54) is 122 Å². The molecule has 0 fully saturated rings. The molecule has 0 aromatic rings. The van der Waals surface area contributed by atoms with Gasteiger partial charge in [-0.25, -0.2) is 0 Å². The second-order valence-corrected chi connectivity index (χ2v) is 20.9. The molecule has 0 amide bonds. The van der Waals surface area contributed by atoms with Crippen molar-refractivity contribution in [3.63, 3.8) is 0 Å². The van der Waals surface area contributed by atoms with Gasteiger partial charge in [-0.15, -0.1) is 0 Å². The molecule has 0 spiro atoms. The van der Waals surface area contributed by atoms with Crippen molar-refractivity contribution >= 4 is 17.9 Å². The molecule has 0 bridgehead atoms. The third-order valence-corrected chi connectivity index (χ3v) is 13.4. The predicted octanol–water partition coefficient (Wildman–Crippen LogP) is 22.2. The van der Waals surface area contributed by atoms with E-state index >= 15 is 0 Å². The summed E-state index contributed by atoms with van der Waals surface area (Å²) >= 11 is 0. The third kappa shape index (κ3) is 62.4. The molecule has 6 heteroatoms. The summed E-state index contributed by atoms with van der Waals surface area (Å²) in [5.41, 5.74) is 0. The summed E-state index contributed by atoms with van der Waals surface area (Å²) in [6.07, 6.45) is 92.1. The molecule has 0 rings (SSSR count). The monoisotopic (exact) mass is 1080 g/mol. The number of carbonyl (C=O) groups excluding carboxylic acids is 3. The van der Waals surface area contributed by atoms with E-state index in [4.69, 9.17) is 14.2 Å². The summed E-state index contributed by atoms with van der Waals surface area (Å²) < 4.78 is 16.8. The zero-order valence-corrected chi connectivity index (χ0v) is 50.6. The van der Waals surface area contributed by atoms with E-state index in [0.29, 0.717) is 19.3 Å². The first-order valence-corrected chi connectivity index (χ1v) is 32.2. The Bertz CT molecular complexity index is 1670. The van der Waals surface area contributed by atoms with Crippen LogP contribution in [0.1, 0.15) is 284 Å². The maximum Gasteiger partial charge on any atom is 0.306 e. The lowest BCUT2D eigenvalue weighted by atomic mass is 10.0. The van der Waals surface area contributed by atoms with Crippen LogP contribution in [-0.2, 0) is 28.6 Å². The molecule has 0 saturated heterocycles. The highest BCUT2D eigenvalue weighted by Crippen LogP contribution is 2.16. The van der Waals surface area contributed by atoms with Crippen LogP contribution in [-0.4, -0.2) is 37.2 Å². The first-order chi connectivity index (χ1) is 38.5. The number of unbranched alkanes of at least 4 members (excludes halogenated alkanes) is 24. The summed E-state index contributed by atoms with van der Waals surface area (Å²) in [5, 5.41) is 0. The average Bonchev–Trinajstić information content (AvgIpc) is 3.44. The number of esters is 3. The van der Waals surface area contributed by atoms with Crippen molar-refractivity contribution in [3.05, 3.63) is 134 Å². The smallest absolute Gasteiger partial charge is 0.306 e. The number of carbonyl (C=O) groups is 3. The highest BCUT2D eigenvalue weighted by atomic mass is 16.6. The Labute approximate surface area is 481 Å². The van der Waals surface area contributed by atoms with Gasteiger partial charge in [0.1, 0.15) is 13.2 Å². The van der Waals surface area contributed by atoms with Crippen LogP contribution in [0.15, 0.2) is 134 Å². The minimum Gasteiger partial charge on any atom is -0.462 e. The molecular formula is C72H118O6. The molecule has 0 N–H and O–H groups in total. The SMILES string of the molecule is CC/C=C\C/C=C\C/C=C\C/C=C\C/C=C\C/C=C\CCCCCCCCCCCCCCCCCCC(=O)OCC(COC(=O)CCCCCCCCCC)OC(=O)CCC/C=C\C/C=C\C/C=C\C/C=C\C/C=C\CC. The third-order valence-electron chi connectivity index (χ3n) is 13.4. The molecule has 0 saturated carbocycles. The largest absolute Gasteiger partial charge is 0.462 e. The Kier molecular flexibility index (Phi) is 61.4. The van der Waals surface area contributed by atoms with Gasteiger partial charge in [-0.05, 0) is 109 Å². The van der Waals surface area contributed by atoms with Crippen LogP contribution in [0.4, 0.5) is 0 Å². The lowest BCUT2D eigenvalue weighted by molar-refractivity contribution is -0.167. The van der Waals surface area contributed by atoms with Crippen LogP contribution in [0.5, 0.6) is 0 Å². The van der Waals surface area contributed by atoms with E-state index in [1.54, 1.807) is 0 Å². The molecule has 0 heterocycles. The number of ether oxygens (including phenoxy) is 3. The van der Waals surface area contributed by atoms with Gasteiger partial charge in [-0.3, -0.25) is 14.4 Å². The normalized spacial score (nSPS) is 13.0. The van der Waals surface area contributed by atoms with Gasteiger partial charge >= 0.3 is 17.9 Å². The van der Waals surface area contributed by atoms with E-state index in [1.807, 2.05) is 0 Å². The molecular weight excluding hydrogens is 961 g/mol. The van der Waals surface area contributed by atoms with Crippen molar-refractivity contribution in [2.75, 3.05) is 13.2 Å². The maximum absolute atomic E-state index is 12.8. The molecule has 0 aliphatic rings. The molecule has 78 heavy (non-hydrogen) atoms. The van der Waals surface area contributed by atoms with Crippen LogP contribution in [0.2, 0.25) is 0 Å². The number of hydrogen-bond acceptors (Lipinski definition) is 6. The Morgan fingerprint density at radius 2 is 0.513 bits per heavy atom. The van der Waals surface area contributed by atoms with Gasteiger partial charge in [0.15, 0.2) is 6.10 Å². The average molecular weight is 1080 g/mol. The van der Waals surface area contributed by atoms with Crippen LogP contribution in [0.25, 0.3) is 0 Å². The van der Waals surface area contributed by atoms with Gasteiger partial charge in [0.25, 0.3) is 0 Å². The first-order valence-electron chi connectivity index (χ1n) is 32.2. The minimum absolute atomic E-state index is 0.100. The fourth-order valence-electron chi connectivity index (χ4n) is 8.66. The summed E-state index contributed by atoms with van der Waals surface area (Å²) in [4.78, 5) is 38.1. The Balaban J connectivity index is 4.11. The van der Waals surface area contributed by atoms with Crippen LogP contribution < -0.4 is 0 Å². The van der Waals surface area contributed by atoms with E-state index in [-0.39, 0.29) is 37.5 Å². The van der Waals surface area contributed by atoms with Crippen molar-refractivity contribution < 1.29 is 28.6 Å². The van der Waals surface area contributed by atoms with Crippen molar-refractivity contribution in [2.24, 2.45) is 0 Å². The molecule has 0 aromatic carbocycles. The number of rotatable bonds is 57. The Morgan fingerprint density at radius 3 is 0.821 bits per heavy atom. The lowest BCUT2D eigenvalue weighted by Gasteiger charge is -2.18. The van der Waals surface area contributed by atoms with E-state index in [9.17, 15) is 14.4 Å². The molecule has 0 radical (unpaired) electrons. The fourth-order valence-corrected chi connectivity index (χ4v) is 8.66. The molecule has 0 aliphatic heterocycles. The predicted molar refractivity (Wildman–Crippen MR) is 339 cm³/mol. The highest BCUT2D eigenvalue weighted by molar-refractivity contribution is 5.71. The van der Waals surface area contributed by atoms with E-state index in [0.717, 1.165) is 116 Å². The Morgan fingerprint density at radius 1 is 0.269 bits per heavy atom. The fraction of sp³-hybridized carbons (Fsp3) is 0.653. The first kappa shape index (κ1) is 73.5. The summed E-state index contributed by atoms with van der Waals surface area (Å²) in [6, 6.07) is 0. The summed E-state index contributed by atoms with van der Waals surface area (Å²) in [5.74, 6) is -0.961. The van der Waals surface area contributed by atoms with Crippen molar-refractivity contribution in [2.45, 2.75) is 290 Å². The maximum atomic E-state index is 12.8. The highest BCUT2D eigenvalue weighted by Gasteiger charge is 2.19. The molecule has 1 atom stereocenters. The zero-order valence-electron chi connectivity index (χ0n) is 50.6. The summed E-state index contributed by atoms with van der Waals surface area (Å²) in [6.45, 7) is 6.34. The molecule has 442 valence electrons. The van der Waals surface area contributed by atoms with Crippen LogP contribution >= 0.6 is 0 Å². The van der Waals surface area contributed by atoms with Gasteiger partial charge in [-0.1, -0.05) is 289 Å². The second kappa shape index (κ2) is 65.1. The van der Waals surface area contributed by atoms with Gasteiger partial charge in [-0.2, -0.15) is 0 Å². The topological polar surface area (TPSA) is 78.9 Å². The van der Waals surface area contributed by atoms with Gasteiger partial charge in [0, 0.05) is 19.3 Å². The number of allylic oxidation sites excluding steroid dienone is 22. The van der Waals surface area contributed by atoms with Crippen molar-refractivity contribution in [1.29, 1.82) is 0 Å². The second-order valence-electron chi connectivity index (χ2n) is 20.9. The number of hydrogen-bond donors (Lipinski definition) is 0. The lowest BCUT2D eigenvalue weighted by Crippen LogP contribution is -2.30. The summed E-state index contributed by atoms with van der Waals surface area (Å²) in [7, 11) is 0. The zero-order chi connectivity index (χ0) is 56.4. The molecule has 0 aromatic heterocycles. The van der Waals surface area contributed by atoms with Crippen LogP contribution in [0, 0.1) is 0 Å². The van der Waals surface area contributed by atoms with Crippen molar-refractivity contribution in [1.82, 2.24) is 0 Å². The molecule has 6 nitrogen and oxygen atoms in total. The van der Waals surface area contributed by atoms with E-state index in [2.05, 4.69) is 154 Å². The van der Waals surface area contributed by atoms with E-state index < -0.39 is 6.10 Å². The van der Waals surface area contributed by atoms with Gasteiger partial charge in [0.05, 0.1) is 0 Å². The molecule has 1 unspecified atom stereocenters. The van der Waals surface area contributed by atoms with Gasteiger partial charge in [0.2, 0.25) is 0 Å². The van der Waals surface area contributed by atoms with Crippen LogP contribution in [0.3, 0.4) is 0 Å². The molecule has 0 aliphatic carbocycles. The van der Waals surface area contributed by atoms with Crippen molar-refractivity contribution in [3.8, 4) is 0 Å².